The number of fused-ring (bicyclic) bond motifs is 1. The molecule has 1 unspecified atom stereocenters. The highest BCUT2D eigenvalue weighted by Crippen LogP contribution is 2.27. The quantitative estimate of drug-likeness (QED) is 0.377. The monoisotopic (exact) mass is 415 g/mol. The molecule has 0 spiro atoms. The van der Waals surface area contributed by atoms with E-state index < -0.39 is 28.7 Å². The third-order valence-electron chi connectivity index (χ3n) is 5.04. The van der Waals surface area contributed by atoms with E-state index in [0.717, 1.165) is 10.5 Å². The first-order valence-electron chi connectivity index (χ1n) is 9.52. The molecule has 3 aromatic rings. The Morgan fingerprint density at radius 2 is 1.52 bits per heavy atom. The van der Waals surface area contributed by atoms with Crippen LogP contribution in [0.5, 0.6) is 0 Å². The number of nitrogens with zero attached hydrogens (tertiary/aromatic N) is 2. The zero-order chi connectivity index (χ0) is 22.0. The minimum absolute atomic E-state index is 0.104. The van der Waals surface area contributed by atoms with Gasteiger partial charge in [-0.1, -0.05) is 48.5 Å². The summed E-state index contributed by atoms with van der Waals surface area (Å²) in [6.45, 7) is 0. The van der Waals surface area contributed by atoms with E-state index in [1.54, 1.807) is 48.5 Å². The van der Waals surface area contributed by atoms with Crippen molar-refractivity contribution in [3.8, 4) is 0 Å². The van der Waals surface area contributed by atoms with E-state index in [0.29, 0.717) is 0 Å². The molecule has 0 aliphatic carbocycles. The van der Waals surface area contributed by atoms with Crippen LogP contribution in [0.4, 0.5) is 11.4 Å². The van der Waals surface area contributed by atoms with Crippen LogP contribution >= 0.6 is 0 Å². The van der Waals surface area contributed by atoms with E-state index in [2.05, 4.69) is 5.32 Å². The average molecular weight is 415 g/mol. The van der Waals surface area contributed by atoms with Crippen LogP contribution in [0.25, 0.3) is 0 Å². The molecule has 0 bridgehead atoms. The number of rotatable bonds is 6. The number of benzene rings is 3. The van der Waals surface area contributed by atoms with Crippen LogP contribution in [0.3, 0.4) is 0 Å². The lowest BCUT2D eigenvalue weighted by Gasteiger charge is -2.25. The van der Waals surface area contributed by atoms with Crippen molar-refractivity contribution in [3.05, 3.63) is 106 Å². The average Bonchev–Trinajstić information content (AvgIpc) is 3.03. The van der Waals surface area contributed by atoms with Gasteiger partial charge in [0.1, 0.15) is 6.04 Å². The SMILES string of the molecule is O=C(Nc1cccc([N+](=O)[O-])c1)C(Cc1ccccc1)N1C(=O)c2ccccc2C1=O. The maximum absolute atomic E-state index is 13.2. The summed E-state index contributed by atoms with van der Waals surface area (Å²) in [6, 6.07) is 19.8. The zero-order valence-corrected chi connectivity index (χ0v) is 16.2. The van der Waals surface area contributed by atoms with Crippen molar-refractivity contribution in [1.82, 2.24) is 4.90 Å². The lowest BCUT2D eigenvalue weighted by molar-refractivity contribution is -0.384. The fourth-order valence-electron chi connectivity index (χ4n) is 3.55. The molecule has 0 saturated carbocycles. The maximum Gasteiger partial charge on any atom is 0.271 e. The first kappa shape index (κ1) is 20.0. The predicted molar refractivity (Wildman–Crippen MR) is 113 cm³/mol. The Morgan fingerprint density at radius 1 is 0.903 bits per heavy atom. The largest absolute Gasteiger partial charge is 0.324 e. The fourth-order valence-corrected chi connectivity index (χ4v) is 3.55. The number of carbonyl (C=O) groups is 3. The van der Waals surface area contributed by atoms with E-state index in [9.17, 15) is 24.5 Å². The first-order chi connectivity index (χ1) is 15.0. The molecule has 1 atom stereocenters. The highest BCUT2D eigenvalue weighted by molar-refractivity contribution is 6.23. The second kappa shape index (κ2) is 8.19. The Morgan fingerprint density at radius 3 is 2.13 bits per heavy atom. The molecule has 8 nitrogen and oxygen atoms in total. The summed E-state index contributed by atoms with van der Waals surface area (Å²) in [5.41, 5.74) is 1.27. The molecule has 0 aromatic heterocycles. The normalized spacial score (nSPS) is 13.6. The van der Waals surface area contributed by atoms with Gasteiger partial charge in [-0.15, -0.1) is 0 Å². The third-order valence-corrected chi connectivity index (χ3v) is 5.04. The van der Waals surface area contributed by atoms with Crippen molar-refractivity contribution in [2.24, 2.45) is 0 Å². The van der Waals surface area contributed by atoms with E-state index in [1.165, 1.54) is 24.3 Å². The second-order valence-corrected chi connectivity index (χ2v) is 7.03. The number of nitro benzene ring substituents is 1. The van der Waals surface area contributed by atoms with E-state index in [-0.39, 0.29) is 28.9 Å². The van der Waals surface area contributed by atoms with Crippen molar-refractivity contribution in [2.45, 2.75) is 12.5 Å². The molecule has 1 aliphatic heterocycles. The number of hydrogen-bond donors (Lipinski definition) is 1. The number of non-ortho nitro benzene ring substituents is 1. The number of carbonyl (C=O) groups excluding carboxylic acids is 3. The molecule has 154 valence electrons. The maximum atomic E-state index is 13.2. The van der Waals surface area contributed by atoms with Crippen LogP contribution in [-0.4, -0.2) is 33.6 Å². The van der Waals surface area contributed by atoms with Crippen molar-refractivity contribution >= 4 is 29.1 Å². The van der Waals surface area contributed by atoms with Crippen LogP contribution in [-0.2, 0) is 11.2 Å². The summed E-state index contributed by atoms with van der Waals surface area (Å²) in [7, 11) is 0. The van der Waals surface area contributed by atoms with Gasteiger partial charge in [0.25, 0.3) is 17.5 Å². The number of anilines is 1. The summed E-state index contributed by atoms with van der Waals surface area (Å²) in [4.78, 5) is 50.6. The van der Waals surface area contributed by atoms with Crippen molar-refractivity contribution in [1.29, 1.82) is 0 Å². The van der Waals surface area contributed by atoms with Crippen LogP contribution in [0.1, 0.15) is 26.3 Å². The minimum Gasteiger partial charge on any atom is -0.324 e. The Hall–Kier alpha value is -4.33. The van der Waals surface area contributed by atoms with Gasteiger partial charge in [0, 0.05) is 24.2 Å². The van der Waals surface area contributed by atoms with Crippen LogP contribution in [0, 0.1) is 10.1 Å². The Labute approximate surface area is 177 Å². The van der Waals surface area contributed by atoms with Gasteiger partial charge >= 0.3 is 0 Å². The molecule has 0 fully saturated rings. The summed E-state index contributed by atoms with van der Waals surface area (Å²) in [6.07, 6.45) is 0.104. The molecule has 3 amide bonds. The Balaban J connectivity index is 1.67. The number of imide groups is 1. The number of nitrogens with one attached hydrogen (secondary N) is 1. The lowest BCUT2D eigenvalue weighted by atomic mass is 10.0. The highest BCUT2D eigenvalue weighted by atomic mass is 16.6. The van der Waals surface area contributed by atoms with Gasteiger partial charge in [-0.25, -0.2) is 0 Å². The molecular weight excluding hydrogens is 398 g/mol. The minimum atomic E-state index is -1.13. The van der Waals surface area contributed by atoms with Gasteiger partial charge in [0.2, 0.25) is 5.91 Å². The molecule has 0 saturated heterocycles. The smallest absolute Gasteiger partial charge is 0.271 e. The van der Waals surface area contributed by atoms with E-state index in [1.807, 2.05) is 6.07 Å². The Kier molecular flexibility index (Phi) is 5.28. The van der Waals surface area contributed by atoms with Crippen LogP contribution in [0.2, 0.25) is 0 Å². The topological polar surface area (TPSA) is 110 Å². The van der Waals surface area contributed by atoms with Crippen LogP contribution < -0.4 is 5.32 Å². The summed E-state index contributed by atoms with van der Waals surface area (Å²) in [5, 5.41) is 13.6. The lowest BCUT2D eigenvalue weighted by Crippen LogP contribution is -2.48. The molecule has 3 aromatic carbocycles. The third kappa shape index (κ3) is 3.91. The molecular formula is C23H17N3O5. The standard InChI is InChI=1S/C23H17N3O5/c27-21(24-16-9-6-10-17(14-16)26(30)31)20(13-15-7-2-1-3-8-15)25-22(28)18-11-4-5-12-19(18)23(25)29/h1-12,14,20H,13H2,(H,24,27). The molecule has 4 rings (SSSR count). The second-order valence-electron chi connectivity index (χ2n) is 7.03. The molecule has 0 radical (unpaired) electrons. The fraction of sp³-hybridized carbons (Fsp3) is 0.0870. The summed E-state index contributed by atoms with van der Waals surface area (Å²) in [5.74, 6) is -1.70. The van der Waals surface area contributed by atoms with Gasteiger partial charge in [-0.3, -0.25) is 29.4 Å². The van der Waals surface area contributed by atoms with Gasteiger partial charge < -0.3 is 5.32 Å². The molecule has 31 heavy (non-hydrogen) atoms. The number of amides is 3. The van der Waals surface area contributed by atoms with Gasteiger partial charge in [0.15, 0.2) is 0 Å². The highest BCUT2D eigenvalue weighted by Gasteiger charge is 2.42. The first-order valence-corrected chi connectivity index (χ1v) is 9.52. The van der Waals surface area contributed by atoms with Crippen molar-refractivity contribution < 1.29 is 19.3 Å². The number of nitro groups is 1. The Bertz CT molecular complexity index is 1160. The van der Waals surface area contributed by atoms with E-state index in [4.69, 9.17) is 0 Å². The van der Waals surface area contributed by atoms with Gasteiger partial charge in [-0.05, 0) is 23.8 Å². The molecule has 8 heteroatoms. The zero-order valence-electron chi connectivity index (χ0n) is 16.2. The summed E-state index contributed by atoms with van der Waals surface area (Å²) < 4.78 is 0. The predicted octanol–water partition coefficient (Wildman–Crippen LogP) is 3.44. The van der Waals surface area contributed by atoms with Gasteiger partial charge in [-0.2, -0.15) is 0 Å². The van der Waals surface area contributed by atoms with Gasteiger partial charge in [0.05, 0.1) is 16.1 Å². The van der Waals surface area contributed by atoms with E-state index >= 15 is 0 Å². The van der Waals surface area contributed by atoms with Crippen molar-refractivity contribution in [3.63, 3.8) is 0 Å². The molecule has 1 N–H and O–H groups in total. The van der Waals surface area contributed by atoms with Crippen LogP contribution in [0.15, 0.2) is 78.9 Å². The molecule has 1 heterocycles. The van der Waals surface area contributed by atoms with Crippen molar-refractivity contribution in [2.75, 3.05) is 5.32 Å². The molecule has 1 aliphatic rings. The summed E-state index contributed by atoms with van der Waals surface area (Å²) >= 11 is 0. The number of hydrogen-bond acceptors (Lipinski definition) is 5.